The monoisotopic (exact) mass is 301 g/mol. The highest BCUT2D eigenvalue weighted by Crippen LogP contribution is 2.25. The minimum atomic E-state index is -3.51. The van der Waals surface area contributed by atoms with Crippen LogP contribution >= 0.6 is 11.3 Å². The Hall–Kier alpha value is -1.22. The molecule has 0 aromatic carbocycles. The molecule has 0 unspecified atom stereocenters. The maximum absolute atomic E-state index is 12.0. The summed E-state index contributed by atoms with van der Waals surface area (Å²) in [6.45, 7) is 2.39. The van der Waals surface area contributed by atoms with E-state index in [0.717, 1.165) is 16.9 Å². The van der Waals surface area contributed by atoms with Gasteiger partial charge in [-0.3, -0.25) is 4.68 Å². The molecule has 0 aliphatic carbocycles. The van der Waals surface area contributed by atoms with E-state index >= 15 is 0 Å². The van der Waals surface area contributed by atoms with Crippen LogP contribution in [0.2, 0.25) is 0 Å². The first-order valence-corrected chi connectivity index (χ1v) is 8.00. The van der Waals surface area contributed by atoms with Crippen molar-refractivity contribution in [2.24, 2.45) is 0 Å². The molecule has 2 heterocycles. The quantitative estimate of drug-likeness (QED) is 0.823. The lowest BCUT2D eigenvalue weighted by Crippen LogP contribution is -2.26. The van der Waals surface area contributed by atoms with Gasteiger partial charge in [0.1, 0.15) is 4.21 Å². The Kier molecular flexibility index (Phi) is 4.35. The van der Waals surface area contributed by atoms with E-state index in [4.69, 9.17) is 5.11 Å². The number of nitrogens with zero attached hydrogens (tertiary/aromatic N) is 2. The second kappa shape index (κ2) is 5.83. The number of thiophene rings is 1. The minimum absolute atomic E-state index is 0.140. The van der Waals surface area contributed by atoms with Crippen LogP contribution in [-0.4, -0.2) is 29.8 Å². The molecule has 19 heavy (non-hydrogen) atoms. The van der Waals surface area contributed by atoms with Gasteiger partial charge in [0.2, 0.25) is 10.0 Å². The van der Waals surface area contributed by atoms with Crippen LogP contribution < -0.4 is 4.72 Å². The largest absolute Gasteiger partial charge is 0.391 e. The fourth-order valence-corrected chi connectivity index (χ4v) is 4.09. The predicted octanol–water partition coefficient (Wildman–Crippen LogP) is 0.724. The predicted molar refractivity (Wildman–Crippen MR) is 72.4 cm³/mol. The topological polar surface area (TPSA) is 84.2 Å². The maximum Gasteiger partial charge on any atom is 0.250 e. The highest BCUT2D eigenvalue weighted by atomic mass is 32.2. The number of sulfonamides is 1. The molecule has 0 atom stereocenters. The lowest BCUT2D eigenvalue weighted by atomic mass is 10.3. The van der Waals surface area contributed by atoms with E-state index in [1.165, 1.54) is 0 Å². The maximum atomic E-state index is 12.0. The molecule has 0 aliphatic heterocycles. The zero-order valence-electron chi connectivity index (χ0n) is 10.4. The Labute approximate surface area is 115 Å². The van der Waals surface area contributed by atoms with Gasteiger partial charge in [0.25, 0.3) is 0 Å². The first-order valence-electron chi connectivity index (χ1n) is 5.70. The van der Waals surface area contributed by atoms with Crippen LogP contribution in [0.15, 0.2) is 28.7 Å². The molecule has 0 radical (unpaired) electrons. The summed E-state index contributed by atoms with van der Waals surface area (Å²) in [6.07, 6.45) is 3.41. The Morgan fingerprint density at radius 2 is 2.32 bits per heavy atom. The van der Waals surface area contributed by atoms with E-state index < -0.39 is 10.0 Å². The van der Waals surface area contributed by atoms with Crippen molar-refractivity contribution in [3.05, 3.63) is 35.0 Å². The van der Waals surface area contributed by atoms with E-state index in [0.29, 0.717) is 11.4 Å². The first kappa shape index (κ1) is 14.2. The Bertz CT molecular complexity index is 632. The van der Waals surface area contributed by atoms with Gasteiger partial charge < -0.3 is 5.11 Å². The van der Waals surface area contributed by atoms with E-state index in [1.807, 2.05) is 0 Å². The van der Waals surface area contributed by atoms with Crippen molar-refractivity contribution < 1.29 is 13.5 Å². The summed E-state index contributed by atoms with van der Waals surface area (Å²) in [5.74, 6) is 0. The Balaban J connectivity index is 2.01. The molecule has 6 nitrogen and oxygen atoms in total. The normalized spacial score (nSPS) is 11.9. The van der Waals surface area contributed by atoms with Crippen molar-refractivity contribution in [2.45, 2.75) is 24.3 Å². The van der Waals surface area contributed by atoms with E-state index in [-0.39, 0.29) is 17.4 Å². The second-order valence-corrected chi connectivity index (χ2v) is 7.13. The van der Waals surface area contributed by atoms with Crippen molar-refractivity contribution in [1.82, 2.24) is 14.5 Å². The van der Waals surface area contributed by atoms with E-state index in [1.54, 1.807) is 36.1 Å². The highest BCUT2D eigenvalue weighted by Gasteiger charge is 2.18. The number of aliphatic hydroxyl groups is 1. The summed E-state index contributed by atoms with van der Waals surface area (Å²) in [5.41, 5.74) is 0.792. The van der Waals surface area contributed by atoms with Gasteiger partial charge in [-0.2, -0.15) is 5.10 Å². The summed E-state index contributed by atoms with van der Waals surface area (Å²) in [7, 11) is -3.51. The van der Waals surface area contributed by atoms with Gasteiger partial charge in [0.15, 0.2) is 0 Å². The lowest BCUT2D eigenvalue weighted by Gasteiger charge is -2.04. The third-order valence-electron chi connectivity index (χ3n) is 2.60. The number of nitrogens with one attached hydrogen (secondary N) is 1. The number of aromatic nitrogens is 2. The molecule has 2 aromatic heterocycles. The highest BCUT2D eigenvalue weighted by molar-refractivity contribution is 7.91. The fourth-order valence-electron chi connectivity index (χ4n) is 1.58. The van der Waals surface area contributed by atoms with E-state index in [2.05, 4.69) is 9.82 Å². The van der Waals surface area contributed by atoms with Crippen LogP contribution in [0.3, 0.4) is 0 Å². The van der Waals surface area contributed by atoms with Gasteiger partial charge in [-0.15, -0.1) is 11.3 Å². The van der Waals surface area contributed by atoms with Gasteiger partial charge in [0, 0.05) is 23.8 Å². The molecule has 0 spiro atoms. The van der Waals surface area contributed by atoms with Crippen LogP contribution in [-0.2, 0) is 23.2 Å². The van der Waals surface area contributed by atoms with E-state index in [9.17, 15) is 8.42 Å². The smallest absolute Gasteiger partial charge is 0.250 e. The molecule has 2 aromatic rings. The van der Waals surface area contributed by atoms with Gasteiger partial charge in [-0.1, -0.05) is 0 Å². The SMILES string of the molecule is Cc1cc(S(=O)(=O)NCCn2cccn2)sc1CO. The Morgan fingerprint density at radius 3 is 2.89 bits per heavy atom. The molecule has 0 bridgehead atoms. The summed E-state index contributed by atoms with van der Waals surface area (Å²) < 4.78 is 28.5. The third kappa shape index (κ3) is 3.41. The van der Waals surface area contributed by atoms with Gasteiger partial charge in [-0.25, -0.2) is 13.1 Å². The number of aryl methyl sites for hydroxylation is 1. The standard InChI is InChI=1S/C11H15N3O3S2/c1-9-7-11(18-10(9)8-15)19(16,17)13-4-6-14-5-2-3-12-14/h2-3,5,7,13,15H,4,6,8H2,1H3. The molecule has 104 valence electrons. The van der Waals surface area contributed by atoms with Crippen molar-refractivity contribution in [1.29, 1.82) is 0 Å². The van der Waals surface area contributed by atoms with Crippen LogP contribution in [0, 0.1) is 6.92 Å². The molecule has 0 fully saturated rings. The van der Waals surface area contributed by atoms with Crippen LogP contribution in [0.25, 0.3) is 0 Å². The van der Waals surface area contributed by atoms with Gasteiger partial charge in [0.05, 0.1) is 13.2 Å². The summed E-state index contributed by atoms with van der Waals surface area (Å²) in [6, 6.07) is 3.36. The summed E-state index contributed by atoms with van der Waals surface area (Å²) in [5, 5.41) is 13.1. The van der Waals surface area contributed by atoms with Crippen molar-refractivity contribution in [3.63, 3.8) is 0 Å². The molecular weight excluding hydrogens is 286 g/mol. The van der Waals surface area contributed by atoms with Gasteiger partial charge in [-0.05, 0) is 24.6 Å². The van der Waals surface area contributed by atoms with Crippen LogP contribution in [0.5, 0.6) is 0 Å². The molecular formula is C11H15N3O3S2. The molecule has 0 aliphatic rings. The molecule has 0 saturated heterocycles. The average molecular weight is 301 g/mol. The number of hydrogen-bond acceptors (Lipinski definition) is 5. The molecule has 2 N–H and O–H groups in total. The second-order valence-electron chi connectivity index (χ2n) is 4.00. The number of rotatable bonds is 6. The zero-order chi connectivity index (χ0) is 13.9. The lowest BCUT2D eigenvalue weighted by molar-refractivity contribution is 0.285. The van der Waals surface area contributed by atoms with Crippen molar-refractivity contribution >= 4 is 21.4 Å². The first-order chi connectivity index (χ1) is 9.03. The van der Waals surface area contributed by atoms with Gasteiger partial charge >= 0.3 is 0 Å². The van der Waals surface area contributed by atoms with Crippen LogP contribution in [0.1, 0.15) is 10.4 Å². The minimum Gasteiger partial charge on any atom is -0.391 e. The van der Waals surface area contributed by atoms with Crippen molar-refractivity contribution in [3.8, 4) is 0 Å². The molecule has 2 rings (SSSR count). The number of hydrogen-bond donors (Lipinski definition) is 2. The zero-order valence-corrected chi connectivity index (χ0v) is 12.0. The Morgan fingerprint density at radius 1 is 1.53 bits per heavy atom. The summed E-state index contributed by atoms with van der Waals surface area (Å²) in [4.78, 5) is 0.674. The molecule has 8 heteroatoms. The molecule has 0 amide bonds. The molecule has 0 saturated carbocycles. The summed E-state index contributed by atoms with van der Waals surface area (Å²) >= 11 is 1.09. The third-order valence-corrected chi connectivity index (χ3v) is 5.76. The van der Waals surface area contributed by atoms with Crippen molar-refractivity contribution in [2.75, 3.05) is 6.54 Å². The fraction of sp³-hybridized carbons (Fsp3) is 0.364. The number of aliphatic hydroxyl groups excluding tert-OH is 1. The average Bonchev–Trinajstić information content (AvgIpc) is 2.98. The van der Waals surface area contributed by atoms with Crippen LogP contribution in [0.4, 0.5) is 0 Å².